The van der Waals surface area contributed by atoms with Gasteiger partial charge in [0, 0.05) is 17.4 Å². The molecule has 0 amide bonds. The number of anilines is 2. The van der Waals surface area contributed by atoms with Gasteiger partial charge in [0.1, 0.15) is 0 Å². The second kappa shape index (κ2) is 5.64. The first kappa shape index (κ1) is 13.3. The van der Waals surface area contributed by atoms with Crippen LogP contribution in [0.15, 0.2) is 18.2 Å². The summed E-state index contributed by atoms with van der Waals surface area (Å²) in [5.41, 5.74) is 9.13. The Morgan fingerprint density at radius 3 is 2.61 bits per heavy atom. The maximum absolute atomic E-state index is 5.87. The van der Waals surface area contributed by atoms with Crippen molar-refractivity contribution in [2.75, 3.05) is 11.1 Å². The van der Waals surface area contributed by atoms with E-state index >= 15 is 0 Å². The van der Waals surface area contributed by atoms with Gasteiger partial charge >= 0.3 is 0 Å². The van der Waals surface area contributed by atoms with Gasteiger partial charge in [-0.25, -0.2) is 0 Å². The Kier molecular flexibility index (Phi) is 4.15. The maximum Gasteiger partial charge on any atom is 0.0346 e. The summed E-state index contributed by atoms with van der Waals surface area (Å²) >= 11 is 0. The third kappa shape index (κ3) is 2.98. The van der Waals surface area contributed by atoms with Crippen LogP contribution in [-0.2, 0) is 0 Å². The number of aryl methyl sites for hydroxylation is 1. The van der Waals surface area contributed by atoms with Crippen LogP contribution in [0.5, 0.6) is 0 Å². The van der Waals surface area contributed by atoms with Crippen LogP contribution < -0.4 is 11.1 Å². The summed E-state index contributed by atoms with van der Waals surface area (Å²) in [6.07, 6.45) is 5.41. The molecule has 2 atom stereocenters. The largest absolute Gasteiger partial charge is 0.399 e. The van der Waals surface area contributed by atoms with Gasteiger partial charge in [-0.15, -0.1) is 0 Å². The fourth-order valence-electron chi connectivity index (χ4n) is 3.12. The number of rotatable bonds is 3. The van der Waals surface area contributed by atoms with Crippen molar-refractivity contribution in [1.82, 2.24) is 0 Å². The van der Waals surface area contributed by atoms with E-state index in [0.29, 0.717) is 6.04 Å². The molecule has 0 radical (unpaired) electrons. The molecular weight excluding hydrogens is 220 g/mol. The molecule has 2 unspecified atom stereocenters. The van der Waals surface area contributed by atoms with Gasteiger partial charge in [-0.2, -0.15) is 0 Å². The first-order valence-electron chi connectivity index (χ1n) is 7.20. The Morgan fingerprint density at radius 1 is 1.22 bits per heavy atom. The summed E-state index contributed by atoms with van der Waals surface area (Å²) in [5.74, 6) is 1.56. The van der Waals surface area contributed by atoms with Gasteiger partial charge < -0.3 is 11.1 Å². The van der Waals surface area contributed by atoms with Gasteiger partial charge in [0.15, 0.2) is 0 Å². The highest BCUT2D eigenvalue weighted by Crippen LogP contribution is 2.32. The van der Waals surface area contributed by atoms with Crippen molar-refractivity contribution in [3.05, 3.63) is 23.8 Å². The molecule has 100 valence electrons. The fourth-order valence-corrected chi connectivity index (χ4v) is 3.12. The summed E-state index contributed by atoms with van der Waals surface area (Å²) in [5, 5.41) is 3.72. The van der Waals surface area contributed by atoms with Crippen LogP contribution in [0.4, 0.5) is 11.4 Å². The van der Waals surface area contributed by atoms with Crippen LogP contribution in [0, 0.1) is 18.8 Å². The Balaban J connectivity index is 2.08. The molecule has 2 heteroatoms. The molecule has 1 aromatic carbocycles. The summed E-state index contributed by atoms with van der Waals surface area (Å²) < 4.78 is 0. The molecule has 1 aliphatic rings. The Bertz CT molecular complexity index is 398. The topological polar surface area (TPSA) is 38.0 Å². The standard InChI is InChI=1S/C16H26N2/c1-11(2)14-6-4-5-7-16(14)18-13-8-9-15(17)12(3)10-13/h8-11,14,16,18H,4-7,17H2,1-3H3. The molecule has 0 bridgehead atoms. The first-order chi connectivity index (χ1) is 8.58. The lowest BCUT2D eigenvalue weighted by atomic mass is 9.78. The van der Waals surface area contributed by atoms with Crippen molar-refractivity contribution in [3.8, 4) is 0 Å². The zero-order valence-corrected chi connectivity index (χ0v) is 11.9. The number of hydrogen-bond acceptors (Lipinski definition) is 2. The Labute approximate surface area is 111 Å². The molecule has 3 N–H and O–H groups in total. The van der Waals surface area contributed by atoms with Crippen LogP contribution in [-0.4, -0.2) is 6.04 Å². The van der Waals surface area contributed by atoms with Gasteiger partial charge in [0.05, 0.1) is 0 Å². The highest BCUT2D eigenvalue weighted by Gasteiger charge is 2.27. The van der Waals surface area contributed by atoms with Crippen LogP contribution in [0.2, 0.25) is 0 Å². The van der Waals surface area contributed by atoms with Crippen molar-refractivity contribution < 1.29 is 0 Å². The summed E-state index contributed by atoms with van der Waals surface area (Å²) in [6.45, 7) is 6.76. The third-order valence-electron chi connectivity index (χ3n) is 4.30. The zero-order chi connectivity index (χ0) is 13.1. The van der Waals surface area contributed by atoms with Crippen molar-refractivity contribution in [2.24, 2.45) is 11.8 Å². The number of nitrogen functional groups attached to an aromatic ring is 1. The Morgan fingerprint density at radius 2 is 1.94 bits per heavy atom. The van der Waals surface area contributed by atoms with Gasteiger partial charge in [-0.05, 0) is 55.4 Å². The molecule has 1 aliphatic carbocycles. The third-order valence-corrected chi connectivity index (χ3v) is 4.30. The summed E-state index contributed by atoms with van der Waals surface area (Å²) in [4.78, 5) is 0. The number of nitrogens with two attached hydrogens (primary N) is 1. The molecule has 1 aromatic rings. The molecule has 2 nitrogen and oxygen atoms in total. The number of hydrogen-bond donors (Lipinski definition) is 2. The van der Waals surface area contributed by atoms with E-state index < -0.39 is 0 Å². The molecule has 1 fully saturated rings. The minimum Gasteiger partial charge on any atom is -0.399 e. The molecule has 0 spiro atoms. The van der Waals surface area contributed by atoms with Crippen molar-refractivity contribution >= 4 is 11.4 Å². The van der Waals surface area contributed by atoms with E-state index in [-0.39, 0.29) is 0 Å². The minimum atomic E-state index is 0.627. The van der Waals surface area contributed by atoms with E-state index in [1.54, 1.807) is 0 Å². The average Bonchev–Trinajstić information content (AvgIpc) is 2.34. The fraction of sp³-hybridized carbons (Fsp3) is 0.625. The smallest absolute Gasteiger partial charge is 0.0346 e. The van der Waals surface area contributed by atoms with E-state index in [0.717, 1.165) is 23.1 Å². The highest BCUT2D eigenvalue weighted by molar-refractivity contribution is 5.57. The normalized spacial score (nSPS) is 24.2. The molecule has 0 aromatic heterocycles. The predicted molar refractivity (Wildman–Crippen MR) is 79.8 cm³/mol. The zero-order valence-electron chi connectivity index (χ0n) is 11.9. The SMILES string of the molecule is Cc1cc(NC2CCCCC2C(C)C)ccc1N. The van der Waals surface area contributed by atoms with Gasteiger partial charge in [0.2, 0.25) is 0 Å². The highest BCUT2D eigenvalue weighted by atomic mass is 14.9. The average molecular weight is 246 g/mol. The van der Waals surface area contributed by atoms with Gasteiger partial charge in [-0.3, -0.25) is 0 Å². The van der Waals surface area contributed by atoms with Crippen LogP contribution in [0.3, 0.4) is 0 Å². The summed E-state index contributed by atoms with van der Waals surface area (Å²) in [7, 11) is 0. The van der Waals surface area contributed by atoms with E-state index in [1.165, 1.54) is 31.4 Å². The van der Waals surface area contributed by atoms with E-state index in [1.807, 2.05) is 6.07 Å². The molecule has 1 saturated carbocycles. The quantitative estimate of drug-likeness (QED) is 0.784. The molecular formula is C16H26N2. The first-order valence-corrected chi connectivity index (χ1v) is 7.20. The lowest BCUT2D eigenvalue weighted by molar-refractivity contribution is 0.254. The van der Waals surface area contributed by atoms with Gasteiger partial charge in [-0.1, -0.05) is 26.7 Å². The van der Waals surface area contributed by atoms with Crippen LogP contribution in [0.1, 0.15) is 45.1 Å². The lowest BCUT2D eigenvalue weighted by Crippen LogP contribution is -2.35. The second-order valence-electron chi connectivity index (χ2n) is 6.01. The predicted octanol–water partition coefficient (Wildman–Crippen LogP) is 4.20. The molecule has 0 aliphatic heterocycles. The number of benzene rings is 1. The lowest BCUT2D eigenvalue weighted by Gasteiger charge is -2.35. The van der Waals surface area contributed by atoms with E-state index in [2.05, 4.69) is 38.2 Å². The maximum atomic E-state index is 5.87. The second-order valence-corrected chi connectivity index (χ2v) is 6.01. The summed E-state index contributed by atoms with van der Waals surface area (Å²) in [6, 6.07) is 6.90. The molecule has 2 rings (SSSR count). The minimum absolute atomic E-state index is 0.627. The van der Waals surface area contributed by atoms with Crippen molar-refractivity contribution in [3.63, 3.8) is 0 Å². The molecule has 18 heavy (non-hydrogen) atoms. The van der Waals surface area contributed by atoms with E-state index in [4.69, 9.17) is 5.73 Å². The van der Waals surface area contributed by atoms with Crippen molar-refractivity contribution in [2.45, 2.75) is 52.5 Å². The van der Waals surface area contributed by atoms with Crippen LogP contribution in [0.25, 0.3) is 0 Å². The van der Waals surface area contributed by atoms with Gasteiger partial charge in [0.25, 0.3) is 0 Å². The van der Waals surface area contributed by atoms with E-state index in [9.17, 15) is 0 Å². The Hall–Kier alpha value is -1.18. The monoisotopic (exact) mass is 246 g/mol. The van der Waals surface area contributed by atoms with Crippen LogP contribution >= 0.6 is 0 Å². The van der Waals surface area contributed by atoms with Crippen molar-refractivity contribution in [1.29, 1.82) is 0 Å². The molecule has 0 heterocycles. The number of nitrogens with one attached hydrogen (secondary N) is 1. The molecule has 0 saturated heterocycles.